The van der Waals surface area contributed by atoms with Crippen LogP contribution in [0, 0.1) is 17.7 Å². The molecule has 0 amide bonds. The first kappa shape index (κ1) is 10.1. The molecule has 0 radical (unpaired) electrons. The predicted octanol–water partition coefficient (Wildman–Crippen LogP) is 2.00. The van der Waals surface area contributed by atoms with Gasteiger partial charge in [-0.2, -0.15) is 0 Å². The van der Waals surface area contributed by atoms with Gasteiger partial charge in [0.05, 0.1) is 0 Å². The Morgan fingerprint density at radius 3 is 2.88 bits per heavy atom. The second-order valence-electron chi connectivity index (χ2n) is 5.03. The molecule has 86 valence electrons. The summed E-state index contributed by atoms with van der Waals surface area (Å²) in [7, 11) is 0. The van der Waals surface area contributed by atoms with Crippen molar-refractivity contribution in [2.45, 2.75) is 18.9 Å². The third-order valence-electron chi connectivity index (χ3n) is 4.05. The summed E-state index contributed by atoms with van der Waals surface area (Å²) in [5.74, 6) is 1.37. The van der Waals surface area contributed by atoms with E-state index in [0.717, 1.165) is 24.1 Å². The average molecular weight is 220 g/mol. The Labute approximate surface area is 95.2 Å². The Morgan fingerprint density at radius 2 is 2.19 bits per heavy atom. The van der Waals surface area contributed by atoms with E-state index in [9.17, 15) is 4.39 Å². The van der Waals surface area contributed by atoms with Crippen LogP contribution < -0.4 is 10.6 Å². The van der Waals surface area contributed by atoms with Crippen LogP contribution in [0.3, 0.4) is 0 Å². The van der Waals surface area contributed by atoms with Crippen molar-refractivity contribution in [2.75, 3.05) is 18.0 Å². The number of rotatable bonds is 2. The van der Waals surface area contributed by atoms with Crippen molar-refractivity contribution in [3.05, 3.63) is 30.1 Å². The van der Waals surface area contributed by atoms with Gasteiger partial charge in [0.15, 0.2) is 0 Å². The number of piperidine rings is 2. The van der Waals surface area contributed by atoms with E-state index < -0.39 is 0 Å². The lowest BCUT2D eigenvalue weighted by Crippen LogP contribution is -2.58. The highest BCUT2D eigenvalue weighted by Crippen LogP contribution is 2.44. The Bertz CT molecular complexity index is 387. The molecule has 1 aromatic carbocycles. The topological polar surface area (TPSA) is 29.3 Å². The first-order valence-corrected chi connectivity index (χ1v) is 6.00. The van der Waals surface area contributed by atoms with Crippen LogP contribution >= 0.6 is 0 Å². The minimum atomic E-state index is -0.160. The number of halogens is 1. The molecule has 2 N–H and O–H groups in total. The van der Waals surface area contributed by atoms with Gasteiger partial charge in [0.25, 0.3) is 0 Å². The first-order chi connectivity index (χ1) is 7.78. The highest BCUT2D eigenvalue weighted by atomic mass is 19.1. The monoisotopic (exact) mass is 220 g/mol. The summed E-state index contributed by atoms with van der Waals surface area (Å²) in [6.45, 7) is 1.72. The molecule has 3 fully saturated rings. The summed E-state index contributed by atoms with van der Waals surface area (Å²) in [5.41, 5.74) is 6.84. The summed E-state index contributed by atoms with van der Waals surface area (Å²) < 4.78 is 13.2. The first-order valence-electron chi connectivity index (χ1n) is 6.00. The maximum absolute atomic E-state index is 13.2. The van der Waals surface area contributed by atoms with E-state index in [0.29, 0.717) is 12.6 Å². The molecule has 2 saturated heterocycles. The molecule has 4 rings (SSSR count). The van der Waals surface area contributed by atoms with Gasteiger partial charge in [-0.25, -0.2) is 4.39 Å². The lowest BCUT2D eigenvalue weighted by molar-refractivity contribution is 0.114. The van der Waals surface area contributed by atoms with Gasteiger partial charge in [-0.05, 0) is 42.9 Å². The van der Waals surface area contributed by atoms with E-state index in [4.69, 9.17) is 5.73 Å². The Balaban J connectivity index is 1.88. The maximum atomic E-state index is 13.2. The molecule has 1 aliphatic carbocycles. The Morgan fingerprint density at radius 1 is 1.38 bits per heavy atom. The minimum Gasteiger partial charge on any atom is -0.367 e. The van der Waals surface area contributed by atoms with Crippen molar-refractivity contribution in [3.8, 4) is 0 Å². The molecule has 1 saturated carbocycles. The van der Waals surface area contributed by atoms with E-state index >= 15 is 0 Å². The number of hydrogen-bond acceptors (Lipinski definition) is 2. The molecule has 2 heterocycles. The number of hydrogen-bond donors (Lipinski definition) is 1. The standard InChI is InChI=1S/C13H17FN2/c14-11-2-1-3-12(6-11)16-8-9-4-10(5-9)13(16)7-15/h1-3,6,9-10,13H,4-5,7-8,15H2. The largest absolute Gasteiger partial charge is 0.367 e. The number of nitrogens with two attached hydrogens (primary N) is 1. The SMILES string of the molecule is NCC1C2CC(C2)CN1c1cccc(F)c1. The van der Waals surface area contributed by atoms with Gasteiger partial charge in [-0.1, -0.05) is 6.07 Å². The van der Waals surface area contributed by atoms with Gasteiger partial charge in [0.1, 0.15) is 5.82 Å². The van der Waals surface area contributed by atoms with Crippen molar-refractivity contribution in [1.82, 2.24) is 0 Å². The van der Waals surface area contributed by atoms with Gasteiger partial charge < -0.3 is 10.6 Å². The van der Waals surface area contributed by atoms with Gasteiger partial charge in [0.2, 0.25) is 0 Å². The van der Waals surface area contributed by atoms with Crippen LogP contribution in [-0.2, 0) is 0 Å². The summed E-state index contributed by atoms with van der Waals surface area (Å²) in [5, 5.41) is 0. The smallest absolute Gasteiger partial charge is 0.125 e. The summed E-state index contributed by atoms with van der Waals surface area (Å²) in [6, 6.07) is 7.28. The van der Waals surface area contributed by atoms with E-state index in [2.05, 4.69) is 4.90 Å². The zero-order valence-electron chi connectivity index (χ0n) is 9.27. The van der Waals surface area contributed by atoms with Crippen LogP contribution in [-0.4, -0.2) is 19.1 Å². The highest BCUT2D eigenvalue weighted by Gasteiger charge is 2.43. The quantitative estimate of drug-likeness (QED) is 0.826. The lowest BCUT2D eigenvalue weighted by atomic mass is 9.66. The molecule has 3 heteroatoms. The fourth-order valence-corrected chi connectivity index (χ4v) is 3.19. The Kier molecular flexibility index (Phi) is 2.36. The molecule has 0 spiro atoms. The minimum absolute atomic E-state index is 0.160. The Hall–Kier alpha value is -1.09. The predicted molar refractivity (Wildman–Crippen MR) is 62.8 cm³/mol. The van der Waals surface area contributed by atoms with Crippen molar-refractivity contribution in [1.29, 1.82) is 0 Å². The van der Waals surface area contributed by atoms with Crippen molar-refractivity contribution < 1.29 is 4.39 Å². The van der Waals surface area contributed by atoms with E-state index in [1.54, 1.807) is 12.1 Å². The van der Waals surface area contributed by atoms with Gasteiger partial charge in [-0.3, -0.25) is 0 Å². The molecular formula is C13H17FN2. The molecule has 1 aromatic rings. The highest BCUT2D eigenvalue weighted by molar-refractivity contribution is 5.49. The van der Waals surface area contributed by atoms with Crippen LogP contribution in [0.1, 0.15) is 12.8 Å². The number of nitrogens with zero attached hydrogens (tertiary/aromatic N) is 1. The number of benzene rings is 1. The van der Waals surface area contributed by atoms with Gasteiger partial charge in [-0.15, -0.1) is 0 Å². The molecule has 3 aliphatic rings. The van der Waals surface area contributed by atoms with Crippen LogP contribution in [0.4, 0.5) is 10.1 Å². The lowest BCUT2D eigenvalue weighted by Gasteiger charge is -2.53. The zero-order valence-corrected chi connectivity index (χ0v) is 9.27. The van der Waals surface area contributed by atoms with Crippen LogP contribution in [0.15, 0.2) is 24.3 Å². The molecule has 2 aliphatic heterocycles. The third-order valence-corrected chi connectivity index (χ3v) is 4.05. The second-order valence-corrected chi connectivity index (χ2v) is 5.03. The van der Waals surface area contributed by atoms with Crippen molar-refractivity contribution in [3.63, 3.8) is 0 Å². The third kappa shape index (κ3) is 1.50. The van der Waals surface area contributed by atoms with E-state index in [-0.39, 0.29) is 5.82 Å². The van der Waals surface area contributed by atoms with Crippen LogP contribution in [0.25, 0.3) is 0 Å². The normalized spacial score (nSPS) is 32.4. The summed E-state index contributed by atoms with van der Waals surface area (Å²) >= 11 is 0. The molecule has 2 bridgehead atoms. The summed E-state index contributed by atoms with van der Waals surface area (Å²) in [6.07, 6.45) is 2.63. The van der Waals surface area contributed by atoms with Crippen molar-refractivity contribution >= 4 is 5.69 Å². The van der Waals surface area contributed by atoms with Gasteiger partial charge in [0, 0.05) is 24.8 Å². The second kappa shape index (κ2) is 3.74. The summed E-state index contributed by atoms with van der Waals surface area (Å²) in [4.78, 5) is 2.30. The average Bonchev–Trinajstić information content (AvgIpc) is 2.27. The van der Waals surface area contributed by atoms with E-state index in [1.807, 2.05) is 6.07 Å². The molecule has 0 aromatic heterocycles. The van der Waals surface area contributed by atoms with Crippen LogP contribution in [0.2, 0.25) is 0 Å². The van der Waals surface area contributed by atoms with E-state index in [1.165, 1.54) is 18.9 Å². The fourth-order valence-electron chi connectivity index (χ4n) is 3.19. The number of fused-ring (bicyclic) bond motifs is 2. The number of anilines is 1. The molecule has 1 unspecified atom stereocenters. The van der Waals surface area contributed by atoms with Crippen molar-refractivity contribution in [2.24, 2.45) is 17.6 Å². The molecule has 2 nitrogen and oxygen atoms in total. The maximum Gasteiger partial charge on any atom is 0.125 e. The zero-order chi connectivity index (χ0) is 11.1. The van der Waals surface area contributed by atoms with Crippen LogP contribution in [0.5, 0.6) is 0 Å². The molecular weight excluding hydrogens is 203 g/mol. The fraction of sp³-hybridized carbons (Fsp3) is 0.538. The molecule has 16 heavy (non-hydrogen) atoms. The van der Waals surface area contributed by atoms with Gasteiger partial charge >= 0.3 is 0 Å². The molecule has 1 atom stereocenters.